The molecule has 0 heterocycles. The molecule has 0 aliphatic heterocycles. The topological polar surface area (TPSA) is 40.5 Å². The minimum Gasteiger partial charge on any atom is -0.480 e. The summed E-state index contributed by atoms with van der Waals surface area (Å²) in [6, 6.07) is -0.318. The lowest BCUT2D eigenvalue weighted by Crippen LogP contribution is -2.39. The van der Waals surface area contributed by atoms with Gasteiger partial charge in [0.1, 0.15) is 6.04 Å². The third-order valence-electron chi connectivity index (χ3n) is 2.38. The largest absolute Gasteiger partial charge is 0.480 e. The molecule has 0 radical (unpaired) electrons. The summed E-state index contributed by atoms with van der Waals surface area (Å²) in [5.74, 6) is -0.266. The number of rotatable bonds is 7. The van der Waals surface area contributed by atoms with Crippen LogP contribution in [0.4, 0.5) is 0 Å². The SMILES string of the molecule is CCCCN(C)C(CC(C)C)C(=O)O. The Balaban J connectivity index is 4.11. The monoisotopic (exact) mass is 201 g/mol. The van der Waals surface area contributed by atoms with E-state index in [-0.39, 0.29) is 6.04 Å². The van der Waals surface area contributed by atoms with Gasteiger partial charge in [0, 0.05) is 0 Å². The Morgan fingerprint density at radius 2 is 2.00 bits per heavy atom. The summed E-state index contributed by atoms with van der Waals surface area (Å²) in [6.07, 6.45) is 2.91. The van der Waals surface area contributed by atoms with Crippen LogP contribution in [0.5, 0.6) is 0 Å². The Bertz CT molecular complexity index is 169. The van der Waals surface area contributed by atoms with E-state index in [1.165, 1.54) is 0 Å². The van der Waals surface area contributed by atoms with E-state index < -0.39 is 5.97 Å². The van der Waals surface area contributed by atoms with Crippen molar-refractivity contribution in [1.29, 1.82) is 0 Å². The van der Waals surface area contributed by atoms with Crippen LogP contribution in [0.2, 0.25) is 0 Å². The van der Waals surface area contributed by atoms with Gasteiger partial charge in [-0.2, -0.15) is 0 Å². The zero-order valence-electron chi connectivity index (χ0n) is 9.79. The quantitative estimate of drug-likeness (QED) is 0.686. The summed E-state index contributed by atoms with van der Waals surface area (Å²) in [4.78, 5) is 12.9. The smallest absolute Gasteiger partial charge is 0.320 e. The van der Waals surface area contributed by atoms with Crippen molar-refractivity contribution >= 4 is 5.97 Å². The van der Waals surface area contributed by atoms with Crippen LogP contribution in [-0.2, 0) is 4.79 Å². The number of carbonyl (C=O) groups is 1. The fourth-order valence-corrected chi connectivity index (χ4v) is 1.48. The first kappa shape index (κ1) is 13.4. The first-order chi connectivity index (χ1) is 6.49. The molecular weight excluding hydrogens is 178 g/mol. The molecule has 0 aromatic carbocycles. The lowest BCUT2D eigenvalue weighted by Gasteiger charge is -2.25. The molecule has 14 heavy (non-hydrogen) atoms. The molecule has 1 N–H and O–H groups in total. The highest BCUT2D eigenvalue weighted by Crippen LogP contribution is 2.11. The maximum Gasteiger partial charge on any atom is 0.320 e. The minimum atomic E-state index is -0.697. The van der Waals surface area contributed by atoms with Gasteiger partial charge < -0.3 is 5.11 Å². The molecule has 3 nitrogen and oxygen atoms in total. The van der Waals surface area contributed by atoms with Crippen molar-refractivity contribution in [2.24, 2.45) is 5.92 Å². The van der Waals surface area contributed by atoms with Gasteiger partial charge in [-0.05, 0) is 32.4 Å². The van der Waals surface area contributed by atoms with Crippen LogP contribution in [0.15, 0.2) is 0 Å². The van der Waals surface area contributed by atoms with Crippen LogP contribution in [0, 0.1) is 5.92 Å². The average Bonchev–Trinajstić information content (AvgIpc) is 2.09. The molecule has 0 rings (SSSR count). The molecule has 0 saturated heterocycles. The second kappa shape index (κ2) is 6.82. The number of hydrogen-bond acceptors (Lipinski definition) is 2. The molecule has 84 valence electrons. The molecule has 0 aromatic heterocycles. The third kappa shape index (κ3) is 5.22. The summed E-state index contributed by atoms with van der Waals surface area (Å²) < 4.78 is 0. The summed E-state index contributed by atoms with van der Waals surface area (Å²) in [5, 5.41) is 9.05. The summed E-state index contributed by atoms with van der Waals surface area (Å²) in [6.45, 7) is 7.11. The van der Waals surface area contributed by atoms with Gasteiger partial charge in [-0.1, -0.05) is 27.2 Å². The van der Waals surface area contributed by atoms with Gasteiger partial charge in [0.05, 0.1) is 0 Å². The second-order valence-electron chi connectivity index (χ2n) is 4.32. The first-order valence-electron chi connectivity index (χ1n) is 5.42. The van der Waals surface area contributed by atoms with Crippen LogP contribution in [0.3, 0.4) is 0 Å². The van der Waals surface area contributed by atoms with E-state index >= 15 is 0 Å². The Kier molecular flexibility index (Phi) is 6.54. The van der Waals surface area contributed by atoms with Gasteiger partial charge in [0.15, 0.2) is 0 Å². The van der Waals surface area contributed by atoms with E-state index in [4.69, 9.17) is 5.11 Å². The van der Waals surface area contributed by atoms with Crippen molar-refractivity contribution in [2.45, 2.75) is 46.1 Å². The van der Waals surface area contributed by atoms with E-state index in [1.54, 1.807) is 0 Å². The van der Waals surface area contributed by atoms with Crippen molar-refractivity contribution in [2.75, 3.05) is 13.6 Å². The zero-order valence-corrected chi connectivity index (χ0v) is 9.79. The highest BCUT2D eigenvalue weighted by molar-refractivity contribution is 5.73. The van der Waals surface area contributed by atoms with Gasteiger partial charge in [-0.25, -0.2) is 0 Å². The summed E-state index contributed by atoms with van der Waals surface area (Å²) in [7, 11) is 1.90. The minimum absolute atomic E-state index is 0.318. The molecule has 0 aromatic rings. The maximum absolute atomic E-state index is 11.0. The molecule has 0 spiro atoms. The molecule has 0 bridgehead atoms. The van der Waals surface area contributed by atoms with E-state index in [0.29, 0.717) is 5.92 Å². The molecule has 1 unspecified atom stereocenters. The number of likely N-dealkylation sites (N-methyl/N-ethyl adjacent to an activating group) is 1. The van der Waals surface area contributed by atoms with E-state index in [1.807, 2.05) is 11.9 Å². The lowest BCUT2D eigenvalue weighted by molar-refractivity contribution is -0.143. The maximum atomic E-state index is 11.0. The molecule has 0 fully saturated rings. The number of nitrogens with zero attached hydrogens (tertiary/aromatic N) is 1. The predicted molar refractivity (Wildman–Crippen MR) is 58.4 cm³/mol. The number of hydrogen-bond donors (Lipinski definition) is 1. The van der Waals surface area contributed by atoms with Crippen molar-refractivity contribution in [1.82, 2.24) is 4.90 Å². The highest BCUT2D eigenvalue weighted by atomic mass is 16.4. The normalized spacial score (nSPS) is 13.6. The molecule has 3 heteroatoms. The van der Waals surface area contributed by atoms with E-state index in [9.17, 15) is 4.79 Å². The van der Waals surface area contributed by atoms with Gasteiger partial charge in [0.25, 0.3) is 0 Å². The highest BCUT2D eigenvalue weighted by Gasteiger charge is 2.22. The Labute approximate surface area is 87.1 Å². The van der Waals surface area contributed by atoms with Gasteiger partial charge in [-0.3, -0.25) is 9.69 Å². The first-order valence-corrected chi connectivity index (χ1v) is 5.42. The van der Waals surface area contributed by atoms with Crippen LogP contribution in [-0.4, -0.2) is 35.6 Å². The fourth-order valence-electron chi connectivity index (χ4n) is 1.48. The zero-order chi connectivity index (χ0) is 11.1. The lowest BCUT2D eigenvalue weighted by atomic mass is 10.0. The second-order valence-corrected chi connectivity index (χ2v) is 4.32. The van der Waals surface area contributed by atoms with Gasteiger partial charge in [-0.15, -0.1) is 0 Å². The van der Waals surface area contributed by atoms with E-state index in [0.717, 1.165) is 25.8 Å². The summed E-state index contributed by atoms with van der Waals surface area (Å²) in [5.41, 5.74) is 0. The fraction of sp³-hybridized carbons (Fsp3) is 0.909. The third-order valence-corrected chi connectivity index (χ3v) is 2.38. The van der Waals surface area contributed by atoms with Crippen molar-refractivity contribution < 1.29 is 9.90 Å². The van der Waals surface area contributed by atoms with Gasteiger partial charge >= 0.3 is 5.97 Å². The van der Waals surface area contributed by atoms with Crippen molar-refractivity contribution in [3.63, 3.8) is 0 Å². The van der Waals surface area contributed by atoms with E-state index in [2.05, 4.69) is 20.8 Å². The van der Waals surface area contributed by atoms with Crippen molar-refractivity contribution in [3.05, 3.63) is 0 Å². The number of carboxylic acid groups (broad SMARTS) is 1. The molecule has 0 aliphatic carbocycles. The summed E-state index contributed by atoms with van der Waals surface area (Å²) >= 11 is 0. The Morgan fingerprint density at radius 1 is 1.43 bits per heavy atom. The number of carboxylic acids is 1. The molecule has 0 saturated carbocycles. The molecule has 0 amide bonds. The Morgan fingerprint density at radius 3 is 2.36 bits per heavy atom. The molecular formula is C11H23NO2. The van der Waals surface area contributed by atoms with Crippen LogP contribution in [0.1, 0.15) is 40.0 Å². The van der Waals surface area contributed by atoms with Crippen LogP contribution >= 0.6 is 0 Å². The number of aliphatic carboxylic acids is 1. The number of unbranched alkanes of at least 4 members (excludes halogenated alkanes) is 1. The molecule has 0 aliphatic rings. The van der Waals surface area contributed by atoms with Crippen LogP contribution in [0.25, 0.3) is 0 Å². The average molecular weight is 201 g/mol. The standard InChI is InChI=1S/C11H23NO2/c1-5-6-7-12(4)10(11(13)14)8-9(2)3/h9-10H,5-8H2,1-4H3,(H,13,14). The van der Waals surface area contributed by atoms with Crippen LogP contribution < -0.4 is 0 Å². The van der Waals surface area contributed by atoms with Gasteiger partial charge in [0.2, 0.25) is 0 Å². The molecule has 1 atom stereocenters. The predicted octanol–water partition coefficient (Wildman–Crippen LogP) is 2.22. The van der Waals surface area contributed by atoms with Crippen molar-refractivity contribution in [3.8, 4) is 0 Å². The Hall–Kier alpha value is -0.570.